The number of ether oxygens (including phenoxy) is 1. The van der Waals surface area contributed by atoms with Gasteiger partial charge in [0.1, 0.15) is 0 Å². The second-order valence-electron chi connectivity index (χ2n) is 3.98. The van der Waals surface area contributed by atoms with Gasteiger partial charge in [0.25, 0.3) is 0 Å². The zero-order valence-electron chi connectivity index (χ0n) is 9.01. The summed E-state index contributed by atoms with van der Waals surface area (Å²) in [5, 5.41) is 4.77. The van der Waals surface area contributed by atoms with Crippen LogP contribution in [0.1, 0.15) is 19.3 Å². The van der Waals surface area contributed by atoms with Crippen LogP contribution in [-0.4, -0.2) is 19.3 Å². The average Bonchev–Trinajstić information content (AvgIpc) is 2.52. The van der Waals surface area contributed by atoms with Gasteiger partial charge in [0.2, 0.25) is 0 Å². The first-order valence-corrected chi connectivity index (χ1v) is 6.31. The van der Waals surface area contributed by atoms with Gasteiger partial charge in [-0.1, -0.05) is 29.3 Å². The molecule has 2 nitrogen and oxygen atoms in total. The Morgan fingerprint density at radius 1 is 1.12 bits per heavy atom. The van der Waals surface area contributed by atoms with E-state index in [-0.39, 0.29) is 0 Å². The Balaban J connectivity index is 2.07. The van der Waals surface area contributed by atoms with Crippen LogP contribution in [0.3, 0.4) is 0 Å². The highest BCUT2D eigenvalue weighted by Crippen LogP contribution is 2.31. The molecule has 1 aliphatic rings. The van der Waals surface area contributed by atoms with Crippen molar-refractivity contribution in [1.82, 2.24) is 0 Å². The van der Waals surface area contributed by atoms with Crippen molar-refractivity contribution in [2.75, 3.05) is 18.5 Å². The van der Waals surface area contributed by atoms with E-state index in [1.165, 1.54) is 0 Å². The van der Waals surface area contributed by atoms with Crippen LogP contribution < -0.4 is 5.32 Å². The van der Waals surface area contributed by atoms with Crippen molar-refractivity contribution in [3.63, 3.8) is 0 Å². The maximum atomic E-state index is 6.11. The first kappa shape index (κ1) is 12.0. The molecule has 16 heavy (non-hydrogen) atoms. The predicted molar refractivity (Wildman–Crippen MR) is 68.5 cm³/mol. The van der Waals surface area contributed by atoms with Gasteiger partial charge in [-0.3, -0.25) is 0 Å². The molecule has 0 aliphatic carbocycles. The minimum atomic E-state index is 0.403. The van der Waals surface area contributed by atoms with Crippen molar-refractivity contribution in [3.05, 3.63) is 28.2 Å². The molecule has 1 heterocycles. The second kappa shape index (κ2) is 5.76. The van der Waals surface area contributed by atoms with Gasteiger partial charge < -0.3 is 10.1 Å². The standard InChI is InChI=1S/C12H15Cl2NO/c13-10-4-1-5-11(14)12(10)15-9-3-2-7-16-8-6-9/h1,4-5,9,15H,2-3,6-8H2. The van der Waals surface area contributed by atoms with Crippen molar-refractivity contribution in [2.24, 2.45) is 0 Å². The number of nitrogens with one attached hydrogen (secondary N) is 1. The molecule has 0 saturated carbocycles. The third-order valence-corrected chi connectivity index (χ3v) is 3.39. The topological polar surface area (TPSA) is 21.3 Å². The van der Waals surface area contributed by atoms with Crippen molar-refractivity contribution >= 4 is 28.9 Å². The predicted octanol–water partition coefficient (Wildman–Crippen LogP) is 3.97. The number of hydrogen-bond donors (Lipinski definition) is 1. The first-order valence-electron chi connectivity index (χ1n) is 5.55. The fourth-order valence-corrected chi connectivity index (χ4v) is 2.39. The monoisotopic (exact) mass is 259 g/mol. The number of rotatable bonds is 2. The minimum Gasteiger partial charge on any atom is -0.381 e. The molecule has 88 valence electrons. The maximum absolute atomic E-state index is 6.11. The van der Waals surface area contributed by atoms with Crippen LogP contribution in [0, 0.1) is 0 Å². The Morgan fingerprint density at radius 3 is 2.62 bits per heavy atom. The van der Waals surface area contributed by atoms with Crippen LogP contribution >= 0.6 is 23.2 Å². The summed E-state index contributed by atoms with van der Waals surface area (Å²) in [6.07, 6.45) is 3.18. The first-order chi connectivity index (χ1) is 7.77. The summed E-state index contributed by atoms with van der Waals surface area (Å²) in [4.78, 5) is 0. The number of benzene rings is 1. The third kappa shape index (κ3) is 3.03. The summed E-state index contributed by atoms with van der Waals surface area (Å²) >= 11 is 12.2. The van der Waals surface area contributed by atoms with Crippen LogP contribution in [-0.2, 0) is 4.74 Å². The fraction of sp³-hybridized carbons (Fsp3) is 0.500. The van der Waals surface area contributed by atoms with Crippen LogP contribution in [0.2, 0.25) is 10.0 Å². The van der Waals surface area contributed by atoms with Crippen molar-refractivity contribution < 1.29 is 4.74 Å². The van der Waals surface area contributed by atoms with Crippen LogP contribution in [0.4, 0.5) is 5.69 Å². The van der Waals surface area contributed by atoms with E-state index in [0.29, 0.717) is 16.1 Å². The Morgan fingerprint density at radius 2 is 1.88 bits per heavy atom. The van der Waals surface area contributed by atoms with E-state index in [9.17, 15) is 0 Å². The summed E-state index contributed by atoms with van der Waals surface area (Å²) in [6.45, 7) is 1.66. The highest BCUT2D eigenvalue weighted by Gasteiger charge is 2.14. The molecule has 0 bridgehead atoms. The second-order valence-corrected chi connectivity index (χ2v) is 4.80. The van der Waals surface area contributed by atoms with Crippen molar-refractivity contribution in [2.45, 2.75) is 25.3 Å². The molecule has 0 aromatic heterocycles. The normalized spacial score (nSPS) is 21.5. The zero-order chi connectivity index (χ0) is 11.4. The number of hydrogen-bond acceptors (Lipinski definition) is 2. The molecule has 0 spiro atoms. The van der Waals surface area contributed by atoms with E-state index < -0.39 is 0 Å². The lowest BCUT2D eigenvalue weighted by atomic mass is 10.1. The van der Waals surface area contributed by atoms with Crippen molar-refractivity contribution in [1.29, 1.82) is 0 Å². The quantitative estimate of drug-likeness (QED) is 0.868. The van der Waals surface area contributed by atoms with E-state index in [2.05, 4.69) is 5.32 Å². The number of halogens is 2. The van der Waals surface area contributed by atoms with E-state index in [0.717, 1.165) is 38.2 Å². The SMILES string of the molecule is Clc1cccc(Cl)c1NC1CCCOCC1. The number of anilines is 1. The summed E-state index contributed by atoms with van der Waals surface area (Å²) in [6, 6.07) is 5.96. The molecule has 1 aliphatic heterocycles. The molecule has 1 atom stereocenters. The molecule has 1 fully saturated rings. The van der Waals surface area contributed by atoms with Gasteiger partial charge in [-0.25, -0.2) is 0 Å². The molecule has 0 amide bonds. The Bertz CT molecular complexity index is 329. The molecule has 1 aromatic rings. The largest absolute Gasteiger partial charge is 0.381 e. The highest BCUT2D eigenvalue weighted by molar-refractivity contribution is 6.39. The Kier molecular flexibility index (Phi) is 4.33. The Hall–Kier alpha value is -0.440. The van der Waals surface area contributed by atoms with Gasteiger partial charge in [-0.15, -0.1) is 0 Å². The zero-order valence-corrected chi connectivity index (χ0v) is 10.5. The average molecular weight is 260 g/mol. The van der Waals surface area contributed by atoms with Crippen molar-refractivity contribution in [3.8, 4) is 0 Å². The lowest BCUT2D eigenvalue weighted by Gasteiger charge is -2.19. The Labute approximate surface area is 106 Å². The molecule has 4 heteroatoms. The van der Waals surface area contributed by atoms with Gasteiger partial charge in [-0.05, 0) is 31.4 Å². The summed E-state index contributed by atoms with van der Waals surface area (Å²) in [5.41, 5.74) is 0.845. The summed E-state index contributed by atoms with van der Waals surface area (Å²) in [5.74, 6) is 0. The summed E-state index contributed by atoms with van der Waals surface area (Å²) < 4.78 is 5.42. The lowest BCUT2D eigenvalue weighted by molar-refractivity contribution is 0.144. The van der Waals surface area contributed by atoms with E-state index in [1.54, 1.807) is 0 Å². The molecule has 1 N–H and O–H groups in total. The van der Waals surface area contributed by atoms with Crippen LogP contribution in [0.25, 0.3) is 0 Å². The van der Waals surface area contributed by atoms with Crippen LogP contribution in [0.5, 0.6) is 0 Å². The third-order valence-electron chi connectivity index (χ3n) is 2.76. The molecule has 1 aromatic carbocycles. The molecular weight excluding hydrogens is 245 g/mol. The molecule has 0 radical (unpaired) electrons. The minimum absolute atomic E-state index is 0.403. The molecule has 1 unspecified atom stereocenters. The van der Waals surface area contributed by atoms with Crippen LogP contribution in [0.15, 0.2) is 18.2 Å². The highest BCUT2D eigenvalue weighted by atomic mass is 35.5. The van der Waals surface area contributed by atoms with E-state index in [4.69, 9.17) is 27.9 Å². The van der Waals surface area contributed by atoms with Gasteiger partial charge in [0.05, 0.1) is 15.7 Å². The summed E-state index contributed by atoms with van der Waals surface area (Å²) in [7, 11) is 0. The van der Waals surface area contributed by atoms with Gasteiger partial charge in [-0.2, -0.15) is 0 Å². The maximum Gasteiger partial charge on any atom is 0.0721 e. The molecule has 1 saturated heterocycles. The molecule has 2 rings (SSSR count). The smallest absolute Gasteiger partial charge is 0.0721 e. The van der Waals surface area contributed by atoms with E-state index >= 15 is 0 Å². The fourth-order valence-electron chi connectivity index (χ4n) is 1.89. The lowest BCUT2D eigenvalue weighted by Crippen LogP contribution is -2.20. The van der Waals surface area contributed by atoms with E-state index in [1.807, 2.05) is 18.2 Å². The molecular formula is C12H15Cl2NO. The van der Waals surface area contributed by atoms with Gasteiger partial charge in [0, 0.05) is 19.3 Å². The number of para-hydroxylation sites is 1. The van der Waals surface area contributed by atoms with Gasteiger partial charge >= 0.3 is 0 Å². The van der Waals surface area contributed by atoms with Gasteiger partial charge in [0.15, 0.2) is 0 Å².